The van der Waals surface area contributed by atoms with Gasteiger partial charge in [0, 0.05) is 32.4 Å². The van der Waals surface area contributed by atoms with Gasteiger partial charge in [-0.3, -0.25) is 14.9 Å². The van der Waals surface area contributed by atoms with E-state index in [1.54, 1.807) is 0 Å². The predicted molar refractivity (Wildman–Crippen MR) is 99.7 cm³/mol. The number of carbonyl (C=O) groups is 2. The normalized spacial score (nSPS) is 20.3. The molecule has 3 amide bonds. The Morgan fingerprint density at radius 1 is 1.22 bits per heavy atom. The van der Waals surface area contributed by atoms with Gasteiger partial charge in [0.15, 0.2) is 0 Å². The van der Waals surface area contributed by atoms with Crippen LogP contribution in [0.4, 0.5) is 4.79 Å². The molecular formula is C17H26N4O5S. The van der Waals surface area contributed by atoms with Crippen molar-refractivity contribution in [2.75, 3.05) is 14.1 Å². The number of imide groups is 1. The van der Waals surface area contributed by atoms with E-state index in [0.717, 1.165) is 46.8 Å². The van der Waals surface area contributed by atoms with Crippen molar-refractivity contribution in [2.45, 2.75) is 50.1 Å². The Bertz CT molecular complexity index is 862. The highest BCUT2D eigenvalue weighted by Crippen LogP contribution is 2.23. The number of aromatic nitrogens is 1. The molecule has 9 nitrogen and oxygen atoms in total. The maximum Gasteiger partial charge on any atom is 0.321 e. The quantitative estimate of drug-likeness (QED) is 0.749. The summed E-state index contributed by atoms with van der Waals surface area (Å²) in [7, 11) is -0.999. The second kappa shape index (κ2) is 8.66. The largest absolute Gasteiger partial charge is 0.335 e. The summed E-state index contributed by atoms with van der Waals surface area (Å²) in [6.45, 7) is 1.60. The Labute approximate surface area is 158 Å². The maximum absolute atomic E-state index is 12.2. The zero-order valence-corrected chi connectivity index (χ0v) is 16.6. The summed E-state index contributed by atoms with van der Waals surface area (Å²) in [6.07, 6.45) is 5.16. The summed E-state index contributed by atoms with van der Waals surface area (Å²) in [4.78, 5) is 35.9. The first-order valence-corrected chi connectivity index (χ1v) is 10.3. The fourth-order valence-electron chi connectivity index (χ4n) is 3.05. The van der Waals surface area contributed by atoms with Gasteiger partial charge in [0.2, 0.25) is 15.9 Å². The van der Waals surface area contributed by atoms with Crippen molar-refractivity contribution in [3.8, 4) is 0 Å². The number of sulfonamides is 1. The molecule has 1 aromatic heterocycles. The minimum Gasteiger partial charge on any atom is -0.335 e. The average molecular weight is 398 g/mol. The summed E-state index contributed by atoms with van der Waals surface area (Å²) >= 11 is 0. The lowest BCUT2D eigenvalue weighted by atomic mass is 9.86. The van der Waals surface area contributed by atoms with Crippen LogP contribution in [0.25, 0.3) is 0 Å². The van der Waals surface area contributed by atoms with E-state index in [-0.39, 0.29) is 10.9 Å². The molecule has 0 aromatic carbocycles. The van der Waals surface area contributed by atoms with Crippen LogP contribution in [0.1, 0.15) is 32.6 Å². The zero-order chi connectivity index (χ0) is 20.2. The second-order valence-corrected chi connectivity index (χ2v) is 9.16. The first-order chi connectivity index (χ1) is 12.6. The van der Waals surface area contributed by atoms with E-state index in [4.69, 9.17) is 0 Å². The van der Waals surface area contributed by atoms with E-state index in [9.17, 15) is 22.8 Å². The molecule has 2 N–H and O–H groups in total. The van der Waals surface area contributed by atoms with E-state index in [2.05, 4.69) is 17.6 Å². The van der Waals surface area contributed by atoms with Crippen LogP contribution >= 0.6 is 0 Å². The van der Waals surface area contributed by atoms with Gasteiger partial charge in [0.1, 0.15) is 6.54 Å². The van der Waals surface area contributed by atoms with E-state index in [1.807, 2.05) is 0 Å². The first-order valence-electron chi connectivity index (χ1n) is 8.84. The van der Waals surface area contributed by atoms with Crippen LogP contribution in [0.3, 0.4) is 0 Å². The number of hydrogen-bond donors (Lipinski definition) is 2. The molecule has 0 spiro atoms. The van der Waals surface area contributed by atoms with Gasteiger partial charge in [0.05, 0.1) is 4.90 Å². The van der Waals surface area contributed by atoms with Crippen molar-refractivity contribution in [3.05, 3.63) is 28.7 Å². The highest BCUT2D eigenvalue weighted by molar-refractivity contribution is 7.89. The standard InChI is InChI=1S/C17H26N4O5S/c1-12-6-4-5-7-14(12)18-17(24)19-15(22)11-21-10-13(8-9-16(21)23)27(25,26)20(2)3/h8-10,12,14H,4-7,11H2,1-3H3,(H2,18,19,22,24)/t12-,14-/m0/s1. The minimum atomic E-state index is -3.74. The molecule has 1 aliphatic carbocycles. The second-order valence-electron chi connectivity index (χ2n) is 7.01. The number of nitrogens with one attached hydrogen (secondary N) is 2. The number of nitrogens with zero attached hydrogens (tertiary/aromatic N) is 2. The molecule has 150 valence electrons. The van der Waals surface area contributed by atoms with Crippen molar-refractivity contribution in [1.82, 2.24) is 19.5 Å². The Morgan fingerprint density at radius 2 is 1.89 bits per heavy atom. The number of carbonyl (C=O) groups excluding carboxylic acids is 2. The summed E-state index contributed by atoms with van der Waals surface area (Å²) in [5.41, 5.74) is -0.538. The number of urea groups is 1. The molecule has 0 saturated heterocycles. The van der Waals surface area contributed by atoms with Crippen molar-refractivity contribution in [1.29, 1.82) is 0 Å². The van der Waals surface area contributed by atoms with Gasteiger partial charge in [-0.15, -0.1) is 0 Å². The van der Waals surface area contributed by atoms with Crippen LogP contribution in [-0.2, 0) is 21.4 Å². The van der Waals surface area contributed by atoms with E-state index in [0.29, 0.717) is 5.92 Å². The molecule has 1 aliphatic rings. The zero-order valence-electron chi connectivity index (χ0n) is 15.8. The Balaban J connectivity index is 2.03. The minimum absolute atomic E-state index is 0.0165. The van der Waals surface area contributed by atoms with E-state index >= 15 is 0 Å². The predicted octanol–water partition coefficient (Wildman–Crippen LogP) is 0.503. The molecule has 10 heteroatoms. The van der Waals surface area contributed by atoms with Gasteiger partial charge < -0.3 is 9.88 Å². The molecule has 1 aromatic rings. The van der Waals surface area contributed by atoms with Crippen molar-refractivity contribution < 1.29 is 18.0 Å². The third-order valence-electron chi connectivity index (χ3n) is 4.73. The monoisotopic (exact) mass is 398 g/mol. The highest BCUT2D eigenvalue weighted by Gasteiger charge is 2.24. The maximum atomic E-state index is 12.2. The van der Waals surface area contributed by atoms with Crippen LogP contribution in [0, 0.1) is 5.92 Å². The van der Waals surface area contributed by atoms with E-state index < -0.39 is 34.1 Å². The summed E-state index contributed by atoms with van der Waals surface area (Å²) < 4.78 is 26.3. The van der Waals surface area contributed by atoms with Crippen LogP contribution in [0.2, 0.25) is 0 Å². The molecule has 2 atom stereocenters. The lowest BCUT2D eigenvalue weighted by Gasteiger charge is -2.29. The van der Waals surface area contributed by atoms with Crippen molar-refractivity contribution in [2.24, 2.45) is 5.92 Å². The number of amides is 3. The van der Waals surface area contributed by atoms with Crippen LogP contribution < -0.4 is 16.2 Å². The first kappa shape index (κ1) is 21.1. The summed E-state index contributed by atoms with van der Waals surface area (Å²) in [5, 5.41) is 4.99. The Hall–Kier alpha value is -2.20. The molecule has 0 aliphatic heterocycles. The average Bonchev–Trinajstić information content (AvgIpc) is 2.58. The number of rotatable bonds is 5. The number of hydrogen-bond acceptors (Lipinski definition) is 5. The molecule has 0 unspecified atom stereocenters. The molecule has 0 bridgehead atoms. The molecule has 27 heavy (non-hydrogen) atoms. The topological polar surface area (TPSA) is 118 Å². The van der Waals surface area contributed by atoms with Gasteiger partial charge in [-0.2, -0.15) is 0 Å². The van der Waals surface area contributed by atoms with Gasteiger partial charge in [-0.05, 0) is 24.8 Å². The number of pyridine rings is 1. The third-order valence-corrected chi connectivity index (χ3v) is 6.53. The molecular weight excluding hydrogens is 372 g/mol. The van der Waals surface area contributed by atoms with Gasteiger partial charge in [-0.1, -0.05) is 19.8 Å². The van der Waals surface area contributed by atoms with Crippen LogP contribution in [0.15, 0.2) is 28.0 Å². The van der Waals surface area contributed by atoms with Crippen LogP contribution in [-0.4, -0.2) is 49.4 Å². The van der Waals surface area contributed by atoms with Crippen molar-refractivity contribution in [3.63, 3.8) is 0 Å². The lowest BCUT2D eigenvalue weighted by Crippen LogP contribution is -2.48. The molecule has 1 saturated carbocycles. The summed E-state index contributed by atoms with van der Waals surface area (Å²) in [6, 6.07) is 1.67. The molecule has 1 heterocycles. The lowest BCUT2D eigenvalue weighted by molar-refractivity contribution is -0.120. The molecule has 2 rings (SSSR count). The fraction of sp³-hybridized carbons (Fsp3) is 0.588. The smallest absolute Gasteiger partial charge is 0.321 e. The molecule has 0 radical (unpaired) electrons. The van der Waals surface area contributed by atoms with Gasteiger partial charge in [0.25, 0.3) is 5.56 Å². The van der Waals surface area contributed by atoms with Crippen LogP contribution in [0.5, 0.6) is 0 Å². The Morgan fingerprint density at radius 3 is 2.52 bits per heavy atom. The van der Waals surface area contributed by atoms with Gasteiger partial charge >= 0.3 is 6.03 Å². The fourth-order valence-corrected chi connectivity index (χ4v) is 3.97. The van der Waals surface area contributed by atoms with Crippen molar-refractivity contribution >= 4 is 22.0 Å². The molecule has 1 fully saturated rings. The SMILES string of the molecule is C[C@H]1CCCC[C@@H]1NC(=O)NC(=O)Cn1cc(S(=O)(=O)N(C)C)ccc1=O. The summed E-state index contributed by atoms with van der Waals surface area (Å²) in [5.74, 6) is -0.354. The van der Waals surface area contributed by atoms with Gasteiger partial charge in [-0.25, -0.2) is 17.5 Å². The highest BCUT2D eigenvalue weighted by atomic mass is 32.2. The Kier molecular flexibility index (Phi) is 6.77. The van der Waals surface area contributed by atoms with E-state index in [1.165, 1.54) is 20.2 Å². The third kappa shape index (κ3) is 5.39.